The lowest BCUT2D eigenvalue weighted by molar-refractivity contribution is 0.404. The average molecular weight is 262 g/mol. The number of rotatable bonds is 7. The van der Waals surface area contributed by atoms with Gasteiger partial charge in [-0.2, -0.15) is 4.31 Å². The fourth-order valence-corrected chi connectivity index (χ4v) is 4.40. The first-order chi connectivity index (χ1) is 7.97. The quantitative estimate of drug-likeness (QED) is 0.706. The minimum Gasteiger partial charge on any atom is -0.317 e. The van der Waals surface area contributed by atoms with Crippen molar-refractivity contribution in [3.63, 3.8) is 0 Å². The van der Waals surface area contributed by atoms with E-state index in [-0.39, 0.29) is 6.04 Å². The molecule has 0 bridgehead atoms. The molecule has 1 fully saturated rings. The third-order valence-corrected chi connectivity index (χ3v) is 5.37. The molecule has 1 aliphatic heterocycles. The van der Waals surface area contributed by atoms with Crippen LogP contribution < -0.4 is 5.32 Å². The highest BCUT2D eigenvalue weighted by molar-refractivity contribution is 7.89. The summed E-state index contributed by atoms with van der Waals surface area (Å²) in [5.41, 5.74) is 0. The second-order valence-corrected chi connectivity index (χ2v) is 7.18. The van der Waals surface area contributed by atoms with E-state index in [1.54, 1.807) is 4.31 Å². The van der Waals surface area contributed by atoms with Crippen LogP contribution in [-0.4, -0.2) is 44.2 Å². The van der Waals surface area contributed by atoms with Crippen molar-refractivity contribution < 1.29 is 8.42 Å². The predicted octanol–water partition coefficient (Wildman–Crippen LogP) is 1.44. The molecule has 0 radical (unpaired) electrons. The van der Waals surface area contributed by atoms with Gasteiger partial charge in [-0.25, -0.2) is 8.42 Å². The first-order valence-corrected chi connectivity index (χ1v) is 8.28. The van der Waals surface area contributed by atoms with Crippen LogP contribution in [0.1, 0.15) is 40.0 Å². The van der Waals surface area contributed by atoms with E-state index in [0.29, 0.717) is 18.2 Å². The molecule has 1 N–H and O–H groups in total. The first kappa shape index (κ1) is 14.9. The van der Waals surface area contributed by atoms with Crippen molar-refractivity contribution in [2.45, 2.75) is 46.1 Å². The SMILES string of the molecule is CCNCCCCS(=O)(=O)N1CC(C)CC1C. The summed E-state index contributed by atoms with van der Waals surface area (Å²) in [7, 11) is -3.02. The minimum absolute atomic E-state index is 0.184. The molecule has 5 heteroatoms. The zero-order chi connectivity index (χ0) is 12.9. The molecule has 1 heterocycles. The van der Waals surface area contributed by atoms with E-state index in [4.69, 9.17) is 0 Å². The van der Waals surface area contributed by atoms with Gasteiger partial charge in [0.05, 0.1) is 5.75 Å². The van der Waals surface area contributed by atoms with E-state index in [9.17, 15) is 8.42 Å². The van der Waals surface area contributed by atoms with Crippen molar-refractivity contribution in [2.24, 2.45) is 5.92 Å². The molecule has 0 aromatic carbocycles. The average Bonchev–Trinajstić information content (AvgIpc) is 2.58. The Morgan fingerprint density at radius 2 is 2.00 bits per heavy atom. The number of nitrogens with one attached hydrogen (secondary N) is 1. The number of sulfonamides is 1. The van der Waals surface area contributed by atoms with Gasteiger partial charge in [0.25, 0.3) is 0 Å². The molecule has 1 rings (SSSR count). The van der Waals surface area contributed by atoms with Gasteiger partial charge in [-0.3, -0.25) is 0 Å². The summed E-state index contributed by atoms with van der Waals surface area (Å²) in [5.74, 6) is 0.802. The number of hydrogen-bond acceptors (Lipinski definition) is 3. The Bertz CT molecular complexity index is 316. The van der Waals surface area contributed by atoms with Gasteiger partial charge >= 0.3 is 0 Å². The number of nitrogens with zero attached hydrogens (tertiary/aromatic N) is 1. The summed E-state index contributed by atoms with van der Waals surface area (Å²) in [5, 5.41) is 3.21. The van der Waals surface area contributed by atoms with Gasteiger partial charge in [0.1, 0.15) is 0 Å². The van der Waals surface area contributed by atoms with E-state index in [2.05, 4.69) is 19.2 Å². The van der Waals surface area contributed by atoms with E-state index >= 15 is 0 Å². The zero-order valence-corrected chi connectivity index (χ0v) is 12.1. The molecule has 2 atom stereocenters. The van der Waals surface area contributed by atoms with Crippen molar-refractivity contribution in [1.29, 1.82) is 0 Å². The highest BCUT2D eigenvalue weighted by atomic mass is 32.2. The minimum atomic E-state index is -3.02. The summed E-state index contributed by atoms with van der Waals surface area (Å²) in [6.45, 7) is 8.77. The highest BCUT2D eigenvalue weighted by Gasteiger charge is 2.34. The van der Waals surface area contributed by atoms with E-state index in [0.717, 1.165) is 32.4 Å². The van der Waals surface area contributed by atoms with Gasteiger partial charge in [-0.15, -0.1) is 0 Å². The molecule has 102 valence electrons. The van der Waals surface area contributed by atoms with Crippen LogP contribution in [0.5, 0.6) is 0 Å². The predicted molar refractivity (Wildman–Crippen MR) is 71.5 cm³/mol. The standard InChI is InChI=1S/C12H26N2O2S/c1-4-13-7-5-6-8-17(15,16)14-10-11(2)9-12(14)3/h11-13H,4-10H2,1-3H3. The molecule has 0 aromatic rings. The maximum Gasteiger partial charge on any atom is 0.214 e. The van der Waals surface area contributed by atoms with Gasteiger partial charge in [-0.1, -0.05) is 13.8 Å². The zero-order valence-electron chi connectivity index (χ0n) is 11.3. The van der Waals surface area contributed by atoms with Crippen LogP contribution in [0.2, 0.25) is 0 Å². The Kier molecular flexibility index (Phi) is 5.89. The largest absolute Gasteiger partial charge is 0.317 e. The van der Waals surface area contributed by atoms with E-state index in [1.807, 2.05) is 6.92 Å². The Balaban J connectivity index is 2.35. The van der Waals surface area contributed by atoms with Gasteiger partial charge in [-0.05, 0) is 45.2 Å². The molecule has 0 aromatic heterocycles. The number of hydrogen-bond donors (Lipinski definition) is 1. The lowest BCUT2D eigenvalue weighted by atomic mass is 10.1. The molecular weight excluding hydrogens is 236 g/mol. The van der Waals surface area contributed by atoms with Crippen LogP contribution in [0.25, 0.3) is 0 Å². The Morgan fingerprint density at radius 1 is 1.29 bits per heavy atom. The van der Waals surface area contributed by atoms with Gasteiger partial charge in [0.15, 0.2) is 0 Å². The van der Waals surface area contributed by atoms with Crippen LogP contribution in [0.3, 0.4) is 0 Å². The molecular formula is C12H26N2O2S. The third kappa shape index (κ3) is 4.56. The maximum absolute atomic E-state index is 12.1. The topological polar surface area (TPSA) is 49.4 Å². The normalized spacial score (nSPS) is 26.5. The van der Waals surface area contributed by atoms with Crippen LogP contribution in [-0.2, 0) is 10.0 Å². The molecule has 17 heavy (non-hydrogen) atoms. The molecule has 1 aliphatic rings. The molecule has 1 saturated heterocycles. The van der Waals surface area contributed by atoms with Gasteiger partial charge < -0.3 is 5.32 Å². The summed E-state index contributed by atoms with van der Waals surface area (Å²) >= 11 is 0. The lowest BCUT2D eigenvalue weighted by Crippen LogP contribution is -2.35. The summed E-state index contributed by atoms with van der Waals surface area (Å²) in [6, 6.07) is 0.184. The fourth-order valence-electron chi connectivity index (χ4n) is 2.48. The summed E-state index contributed by atoms with van der Waals surface area (Å²) in [6.07, 6.45) is 2.69. The van der Waals surface area contributed by atoms with Crippen LogP contribution in [0, 0.1) is 5.92 Å². The summed E-state index contributed by atoms with van der Waals surface area (Å²) in [4.78, 5) is 0. The lowest BCUT2D eigenvalue weighted by Gasteiger charge is -2.20. The molecule has 4 nitrogen and oxygen atoms in total. The van der Waals surface area contributed by atoms with Crippen LogP contribution in [0.15, 0.2) is 0 Å². The van der Waals surface area contributed by atoms with Gasteiger partial charge in [0.2, 0.25) is 10.0 Å². The van der Waals surface area contributed by atoms with Crippen LogP contribution >= 0.6 is 0 Å². The highest BCUT2D eigenvalue weighted by Crippen LogP contribution is 2.25. The molecule has 0 spiro atoms. The molecule has 0 aliphatic carbocycles. The van der Waals surface area contributed by atoms with Gasteiger partial charge in [0, 0.05) is 12.6 Å². The molecule has 0 saturated carbocycles. The third-order valence-electron chi connectivity index (χ3n) is 3.34. The second-order valence-electron chi connectivity index (χ2n) is 5.14. The summed E-state index contributed by atoms with van der Waals surface area (Å²) < 4.78 is 26.0. The molecule has 2 unspecified atom stereocenters. The smallest absolute Gasteiger partial charge is 0.214 e. The van der Waals surface area contributed by atoms with Crippen molar-refractivity contribution in [3.8, 4) is 0 Å². The van der Waals surface area contributed by atoms with Crippen molar-refractivity contribution in [2.75, 3.05) is 25.4 Å². The van der Waals surface area contributed by atoms with E-state index in [1.165, 1.54) is 0 Å². The molecule has 0 amide bonds. The van der Waals surface area contributed by atoms with Crippen molar-refractivity contribution in [3.05, 3.63) is 0 Å². The monoisotopic (exact) mass is 262 g/mol. The fraction of sp³-hybridized carbons (Fsp3) is 1.00. The van der Waals surface area contributed by atoms with Crippen molar-refractivity contribution in [1.82, 2.24) is 9.62 Å². The maximum atomic E-state index is 12.1. The first-order valence-electron chi connectivity index (χ1n) is 6.67. The van der Waals surface area contributed by atoms with E-state index < -0.39 is 10.0 Å². The van der Waals surface area contributed by atoms with Crippen molar-refractivity contribution >= 4 is 10.0 Å². The Morgan fingerprint density at radius 3 is 2.53 bits per heavy atom. The Hall–Kier alpha value is -0.130. The Labute approximate surface area is 106 Å². The second kappa shape index (κ2) is 6.71. The van der Waals surface area contributed by atoms with Crippen LogP contribution in [0.4, 0.5) is 0 Å². The number of unbranched alkanes of at least 4 members (excludes halogenated alkanes) is 1.